The Kier molecular flexibility index (Phi) is 22.8. The SMILES string of the molecule is CCCCCCCCC1(C)c2cc(-c3ccc(-c4ccc(OCCCCCCCCOC5CCCCO5)cc4)cc3)ccc2-c2ccc(-c3ccc(-c4ccc(OCCCCCCCCOC5CCCCO5)cc4)cc3)cc21. The van der Waals surface area contributed by atoms with E-state index >= 15 is 0 Å². The van der Waals surface area contributed by atoms with Crippen molar-refractivity contribution >= 4 is 0 Å². The summed E-state index contributed by atoms with van der Waals surface area (Å²) in [5, 5.41) is 0. The second-order valence-electron chi connectivity index (χ2n) is 22.8. The molecule has 6 aromatic carbocycles. The number of hydrogen-bond acceptors (Lipinski definition) is 6. The highest BCUT2D eigenvalue weighted by atomic mass is 16.7. The number of rotatable bonds is 33. The van der Waals surface area contributed by atoms with Gasteiger partial charge in [-0.3, -0.25) is 0 Å². The Morgan fingerprint density at radius 1 is 0.372 bits per heavy atom. The molecule has 2 saturated heterocycles. The van der Waals surface area contributed by atoms with Gasteiger partial charge in [-0.05, 0) is 174 Å². The van der Waals surface area contributed by atoms with Crippen LogP contribution in [0, 0.1) is 0 Å². The lowest BCUT2D eigenvalue weighted by atomic mass is 9.75. The molecule has 2 atom stereocenters. The first kappa shape index (κ1) is 57.4. The molecule has 2 fully saturated rings. The Balaban J connectivity index is 0.757. The van der Waals surface area contributed by atoms with Crippen LogP contribution >= 0.6 is 0 Å². The molecule has 0 spiro atoms. The van der Waals surface area contributed by atoms with Gasteiger partial charge in [0.25, 0.3) is 0 Å². The van der Waals surface area contributed by atoms with Crippen LogP contribution in [0.25, 0.3) is 55.6 Å². The van der Waals surface area contributed by atoms with Crippen LogP contribution in [0.2, 0.25) is 0 Å². The minimum absolute atomic E-state index is 0.0366. The third-order valence-electron chi connectivity index (χ3n) is 16.9. The normalized spacial score (nSPS) is 17.9. The van der Waals surface area contributed by atoms with Crippen molar-refractivity contribution in [2.45, 2.75) is 192 Å². The molecule has 0 radical (unpaired) electrons. The first-order valence-electron chi connectivity index (χ1n) is 31.0. The van der Waals surface area contributed by atoms with E-state index in [1.807, 2.05) is 0 Å². The molecule has 1 aliphatic carbocycles. The Bertz CT molecular complexity index is 2470. The van der Waals surface area contributed by atoms with Gasteiger partial charge in [-0.15, -0.1) is 0 Å². The fourth-order valence-corrected chi connectivity index (χ4v) is 12.0. The molecule has 6 nitrogen and oxygen atoms in total. The van der Waals surface area contributed by atoms with Gasteiger partial charge in [0.2, 0.25) is 0 Å². The summed E-state index contributed by atoms with van der Waals surface area (Å²) in [4.78, 5) is 0. The van der Waals surface area contributed by atoms with Gasteiger partial charge in [0.1, 0.15) is 11.5 Å². The summed E-state index contributed by atoms with van der Waals surface area (Å²) in [5.74, 6) is 1.89. The lowest BCUT2D eigenvalue weighted by molar-refractivity contribution is -0.163. The minimum Gasteiger partial charge on any atom is -0.494 e. The molecule has 0 saturated carbocycles. The number of benzene rings is 6. The Morgan fingerprint density at radius 2 is 0.705 bits per heavy atom. The maximum absolute atomic E-state index is 6.15. The van der Waals surface area contributed by atoms with E-state index in [1.165, 1.54) is 182 Å². The maximum Gasteiger partial charge on any atom is 0.157 e. The summed E-state index contributed by atoms with van der Waals surface area (Å²) in [6, 6.07) is 50.1. The average Bonchev–Trinajstić information content (AvgIpc) is 4.01. The number of ether oxygens (including phenoxy) is 6. The van der Waals surface area contributed by atoms with Crippen molar-refractivity contribution in [1.29, 1.82) is 0 Å². The molecule has 0 amide bonds. The Hall–Kier alpha value is -5.24. The Morgan fingerprint density at radius 3 is 1.09 bits per heavy atom. The minimum atomic E-state index is -0.0748. The zero-order valence-electron chi connectivity index (χ0n) is 47.7. The molecule has 9 rings (SSSR count). The van der Waals surface area contributed by atoms with Crippen LogP contribution in [-0.2, 0) is 24.4 Å². The molecule has 2 unspecified atom stereocenters. The zero-order chi connectivity index (χ0) is 53.5. The first-order chi connectivity index (χ1) is 38.5. The van der Waals surface area contributed by atoms with Crippen LogP contribution in [0.3, 0.4) is 0 Å². The summed E-state index contributed by atoms with van der Waals surface area (Å²) >= 11 is 0. The molecule has 416 valence electrons. The smallest absolute Gasteiger partial charge is 0.157 e. The number of unbranched alkanes of at least 4 members (excludes halogenated alkanes) is 15. The topological polar surface area (TPSA) is 55.4 Å². The van der Waals surface area contributed by atoms with Crippen LogP contribution in [0.15, 0.2) is 133 Å². The average molecular weight is 1050 g/mol. The molecular formula is C72H92O6. The predicted octanol–water partition coefficient (Wildman–Crippen LogP) is 19.9. The third kappa shape index (κ3) is 16.7. The number of fused-ring (bicyclic) bond motifs is 3. The third-order valence-corrected chi connectivity index (χ3v) is 16.9. The molecule has 6 aromatic rings. The highest BCUT2D eigenvalue weighted by Crippen LogP contribution is 2.53. The van der Waals surface area contributed by atoms with E-state index in [2.05, 4.69) is 147 Å². The van der Waals surface area contributed by atoms with Gasteiger partial charge in [0, 0.05) is 31.8 Å². The van der Waals surface area contributed by atoms with Crippen molar-refractivity contribution in [2.75, 3.05) is 39.6 Å². The fraction of sp³-hybridized carbons (Fsp3) is 0.500. The van der Waals surface area contributed by atoms with Gasteiger partial charge in [0.05, 0.1) is 13.2 Å². The highest BCUT2D eigenvalue weighted by Gasteiger charge is 2.39. The van der Waals surface area contributed by atoms with Crippen molar-refractivity contribution in [2.24, 2.45) is 0 Å². The zero-order valence-corrected chi connectivity index (χ0v) is 47.7. The van der Waals surface area contributed by atoms with E-state index in [0.29, 0.717) is 0 Å². The largest absolute Gasteiger partial charge is 0.494 e. The molecule has 0 N–H and O–H groups in total. The lowest BCUT2D eigenvalue weighted by Crippen LogP contribution is -2.22. The quantitative estimate of drug-likeness (QED) is 0.0383. The van der Waals surface area contributed by atoms with Crippen LogP contribution in [0.1, 0.15) is 185 Å². The van der Waals surface area contributed by atoms with Gasteiger partial charge < -0.3 is 28.4 Å². The second-order valence-corrected chi connectivity index (χ2v) is 22.8. The van der Waals surface area contributed by atoms with Crippen LogP contribution in [0.4, 0.5) is 0 Å². The monoisotopic (exact) mass is 1050 g/mol. The predicted molar refractivity (Wildman–Crippen MR) is 324 cm³/mol. The van der Waals surface area contributed by atoms with Crippen molar-refractivity contribution in [3.63, 3.8) is 0 Å². The van der Waals surface area contributed by atoms with Crippen molar-refractivity contribution < 1.29 is 28.4 Å². The summed E-state index contributed by atoms with van der Waals surface area (Å²) < 4.78 is 35.4. The first-order valence-corrected chi connectivity index (χ1v) is 31.0. The highest BCUT2D eigenvalue weighted by molar-refractivity contribution is 5.86. The molecule has 6 heteroatoms. The van der Waals surface area contributed by atoms with Crippen LogP contribution < -0.4 is 9.47 Å². The molecule has 2 heterocycles. The van der Waals surface area contributed by atoms with Crippen molar-refractivity contribution in [3.05, 3.63) is 145 Å². The molecule has 3 aliphatic rings. The van der Waals surface area contributed by atoms with Crippen LogP contribution in [-0.4, -0.2) is 52.2 Å². The van der Waals surface area contributed by atoms with Crippen LogP contribution in [0.5, 0.6) is 11.5 Å². The van der Waals surface area contributed by atoms with E-state index in [4.69, 9.17) is 28.4 Å². The van der Waals surface area contributed by atoms with Crippen molar-refractivity contribution in [1.82, 2.24) is 0 Å². The number of hydrogen-bond donors (Lipinski definition) is 0. The van der Waals surface area contributed by atoms with E-state index in [9.17, 15) is 0 Å². The van der Waals surface area contributed by atoms with Gasteiger partial charge in [-0.2, -0.15) is 0 Å². The van der Waals surface area contributed by atoms with Crippen molar-refractivity contribution in [3.8, 4) is 67.1 Å². The fourth-order valence-electron chi connectivity index (χ4n) is 12.0. The standard InChI is InChI=1S/C72H92O6/c1-3-4-5-6-11-18-47-72(2)68-54-62(60-31-27-56(28-32-60)58-35-41-64(42-36-58)73-48-19-12-7-9-14-21-50-75-70-25-16-23-52-77-70)39-45-66(68)67-46-40-63(55-69(67)72)61-33-29-57(30-34-61)59-37-43-65(44-38-59)74-49-20-13-8-10-15-22-51-76-71-26-17-24-53-78-71/h27-46,54-55,70-71H,3-26,47-53H2,1-2H3. The van der Waals surface area contributed by atoms with E-state index in [1.54, 1.807) is 0 Å². The molecule has 0 bridgehead atoms. The maximum atomic E-state index is 6.15. The summed E-state index contributed by atoms with van der Waals surface area (Å²) in [5.41, 5.74) is 15.6. The van der Waals surface area contributed by atoms with E-state index in [0.717, 1.165) is 96.1 Å². The summed E-state index contributed by atoms with van der Waals surface area (Å²) in [6.45, 7) is 9.69. The van der Waals surface area contributed by atoms with Gasteiger partial charge in [-0.25, -0.2) is 0 Å². The molecule has 0 aromatic heterocycles. The molecule has 78 heavy (non-hydrogen) atoms. The second kappa shape index (κ2) is 30.9. The van der Waals surface area contributed by atoms with E-state index < -0.39 is 0 Å². The van der Waals surface area contributed by atoms with Gasteiger partial charge in [-0.1, -0.05) is 201 Å². The van der Waals surface area contributed by atoms with Gasteiger partial charge >= 0.3 is 0 Å². The van der Waals surface area contributed by atoms with Gasteiger partial charge in [0.15, 0.2) is 12.6 Å². The summed E-state index contributed by atoms with van der Waals surface area (Å²) in [6.07, 6.45) is 30.1. The Labute approximate surface area is 470 Å². The lowest BCUT2D eigenvalue weighted by Gasteiger charge is -2.28. The molecule has 2 aliphatic heterocycles. The summed E-state index contributed by atoms with van der Waals surface area (Å²) in [7, 11) is 0. The molecular weight excluding hydrogens is 961 g/mol. The van der Waals surface area contributed by atoms with E-state index in [-0.39, 0.29) is 18.0 Å².